The van der Waals surface area contributed by atoms with E-state index >= 15 is 0 Å². The largest absolute Gasteiger partial charge is 0.486 e. The van der Waals surface area contributed by atoms with Crippen LogP contribution in [0.3, 0.4) is 0 Å². The first-order valence-electron chi connectivity index (χ1n) is 5.57. The minimum Gasteiger partial charge on any atom is -0.486 e. The lowest BCUT2D eigenvalue weighted by atomic mass is 9.95. The predicted octanol–water partition coefficient (Wildman–Crippen LogP) is 4.33. The van der Waals surface area contributed by atoms with Crippen LogP contribution in [0.25, 0.3) is 0 Å². The van der Waals surface area contributed by atoms with E-state index in [0.29, 0.717) is 20.8 Å². The summed E-state index contributed by atoms with van der Waals surface area (Å²) in [7, 11) is 0. The Morgan fingerprint density at radius 2 is 1.65 bits per heavy atom. The van der Waals surface area contributed by atoms with Gasteiger partial charge in [0, 0.05) is 6.07 Å². The molecule has 5 heteroatoms. The first-order chi connectivity index (χ1) is 8.08. The van der Waals surface area contributed by atoms with Crippen LogP contribution in [0.15, 0.2) is 12.1 Å². The molecule has 0 bridgehead atoms. The zero-order chi connectivity index (χ0) is 12.4. The summed E-state index contributed by atoms with van der Waals surface area (Å²) in [5.41, 5.74) is 0. The standard InChI is InChI=1S/C12H13Cl3O2/c13-7-5-9(15)12(6-8(7)14)17-11-4-2-1-3-10(11)16/h5-6,10-11,16H,1-4H2/t10-,11-/m0/s1. The number of ether oxygens (including phenoxy) is 1. The molecule has 1 saturated carbocycles. The van der Waals surface area contributed by atoms with Crippen molar-refractivity contribution in [3.8, 4) is 5.75 Å². The Labute approximate surface area is 115 Å². The molecule has 0 heterocycles. The van der Waals surface area contributed by atoms with E-state index in [1.807, 2.05) is 0 Å². The number of aliphatic hydroxyl groups excluding tert-OH is 1. The monoisotopic (exact) mass is 294 g/mol. The Balaban J connectivity index is 2.15. The van der Waals surface area contributed by atoms with E-state index < -0.39 is 6.10 Å². The van der Waals surface area contributed by atoms with E-state index in [-0.39, 0.29) is 6.10 Å². The molecule has 2 nitrogen and oxygen atoms in total. The van der Waals surface area contributed by atoms with E-state index in [4.69, 9.17) is 39.5 Å². The lowest BCUT2D eigenvalue weighted by Crippen LogP contribution is -2.34. The molecule has 0 unspecified atom stereocenters. The average Bonchev–Trinajstić information content (AvgIpc) is 2.29. The van der Waals surface area contributed by atoms with Gasteiger partial charge in [0.25, 0.3) is 0 Å². The maximum absolute atomic E-state index is 9.82. The molecular formula is C12H13Cl3O2. The van der Waals surface area contributed by atoms with E-state index in [2.05, 4.69) is 0 Å². The van der Waals surface area contributed by atoms with Crippen LogP contribution >= 0.6 is 34.8 Å². The van der Waals surface area contributed by atoms with Gasteiger partial charge in [0.1, 0.15) is 11.9 Å². The van der Waals surface area contributed by atoms with Crippen molar-refractivity contribution in [2.75, 3.05) is 0 Å². The smallest absolute Gasteiger partial charge is 0.140 e. The Morgan fingerprint density at radius 1 is 1.00 bits per heavy atom. The summed E-state index contributed by atoms with van der Waals surface area (Å²) in [6.07, 6.45) is 3.05. The molecule has 1 fully saturated rings. The topological polar surface area (TPSA) is 29.5 Å². The predicted molar refractivity (Wildman–Crippen MR) is 70.4 cm³/mol. The van der Waals surface area contributed by atoms with Crippen molar-refractivity contribution in [2.24, 2.45) is 0 Å². The molecule has 2 atom stereocenters. The van der Waals surface area contributed by atoms with Crippen molar-refractivity contribution >= 4 is 34.8 Å². The zero-order valence-electron chi connectivity index (χ0n) is 9.13. The van der Waals surface area contributed by atoms with Gasteiger partial charge >= 0.3 is 0 Å². The highest BCUT2D eigenvalue weighted by atomic mass is 35.5. The molecule has 0 aromatic heterocycles. The first kappa shape index (κ1) is 13.3. The molecule has 1 N–H and O–H groups in total. The van der Waals surface area contributed by atoms with Gasteiger partial charge in [0.05, 0.1) is 21.2 Å². The summed E-state index contributed by atoms with van der Waals surface area (Å²) < 4.78 is 5.71. The van der Waals surface area contributed by atoms with Gasteiger partial charge in [-0.3, -0.25) is 0 Å². The number of hydrogen-bond acceptors (Lipinski definition) is 2. The molecule has 0 amide bonds. The van der Waals surface area contributed by atoms with Gasteiger partial charge < -0.3 is 9.84 Å². The summed E-state index contributed by atoms with van der Waals surface area (Å²) in [6.45, 7) is 0. The molecule has 1 aromatic rings. The average molecular weight is 296 g/mol. The van der Waals surface area contributed by atoms with Crippen LogP contribution in [0.5, 0.6) is 5.75 Å². The lowest BCUT2D eigenvalue weighted by molar-refractivity contribution is 0.00693. The van der Waals surface area contributed by atoms with Crippen LogP contribution in [0.4, 0.5) is 0 Å². The molecule has 0 aliphatic heterocycles. The van der Waals surface area contributed by atoms with Crippen molar-refractivity contribution < 1.29 is 9.84 Å². The van der Waals surface area contributed by atoms with Crippen molar-refractivity contribution in [2.45, 2.75) is 37.9 Å². The van der Waals surface area contributed by atoms with E-state index in [1.165, 1.54) is 0 Å². The minimum absolute atomic E-state index is 0.210. The third kappa shape index (κ3) is 3.19. The first-order valence-corrected chi connectivity index (χ1v) is 6.70. The van der Waals surface area contributed by atoms with E-state index in [1.54, 1.807) is 12.1 Å². The Morgan fingerprint density at radius 3 is 2.35 bits per heavy atom. The van der Waals surface area contributed by atoms with Crippen molar-refractivity contribution in [1.82, 2.24) is 0 Å². The van der Waals surface area contributed by atoms with Crippen LogP contribution < -0.4 is 4.74 Å². The highest BCUT2D eigenvalue weighted by Gasteiger charge is 2.25. The van der Waals surface area contributed by atoms with Crippen molar-refractivity contribution in [3.05, 3.63) is 27.2 Å². The molecule has 94 valence electrons. The van der Waals surface area contributed by atoms with Crippen LogP contribution in [0.1, 0.15) is 25.7 Å². The molecule has 0 spiro atoms. The second-order valence-electron chi connectivity index (χ2n) is 4.20. The fourth-order valence-corrected chi connectivity index (χ4v) is 2.55. The van der Waals surface area contributed by atoms with Gasteiger partial charge in [-0.25, -0.2) is 0 Å². The number of benzene rings is 1. The maximum Gasteiger partial charge on any atom is 0.140 e. The van der Waals surface area contributed by atoms with Crippen LogP contribution in [0, 0.1) is 0 Å². The van der Waals surface area contributed by atoms with Gasteiger partial charge in [0.2, 0.25) is 0 Å². The normalized spacial score (nSPS) is 24.7. The Hall–Kier alpha value is -0.150. The summed E-state index contributed by atoms with van der Waals surface area (Å²) in [4.78, 5) is 0. The van der Waals surface area contributed by atoms with Crippen LogP contribution in [0.2, 0.25) is 15.1 Å². The van der Waals surface area contributed by atoms with E-state index in [0.717, 1.165) is 25.7 Å². The Kier molecular flexibility index (Phi) is 4.42. The quantitative estimate of drug-likeness (QED) is 0.823. The third-order valence-electron chi connectivity index (χ3n) is 2.92. The maximum atomic E-state index is 9.82. The molecule has 1 aliphatic carbocycles. The molecule has 17 heavy (non-hydrogen) atoms. The van der Waals surface area contributed by atoms with Crippen molar-refractivity contribution in [1.29, 1.82) is 0 Å². The van der Waals surface area contributed by atoms with Gasteiger partial charge in [0.15, 0.2) is 0 Å². The van der Waals surface area contributed by atoms with E-state index in [9.17, 15) is 5.11 Å². The van der Waals surface area contributed by atoms with Crippen LogP contribution in [-0.4, -0.2) is 17.3 Å². The van der Waals surface area contributed by atoms with Gasteiger partial charge in [-0.05, 0) is 25.3 Å². The summed E-state index contributed by atoms with van der Waals surface area (Å²) >= 11 is 17.8. The van der Waals surface area contributed by atoms with Crippen LogP contribution in [-0.2, 0) is 0 Å². The lowest BCUT2D eigenvalue weighted by Gasteiger charge is -2.28. The van der Waals surface area contributed by atoms with Gasteiger partial charge in [-0.15, -0.1) is 0 Å². The number of aliphatic hydroxyl groups is 1. The molecule has 2 rings (SSSR count). The van der Waals surface area contributed by atoms with Crippen molar-refractivity contribution in [3.63, 3.8) is 0 Å². The molecule has 0 saturated heterocycles. The second-order valence-corrected chi connectivity index (χ2v) is 5.43. The summed E-state index contributed by atoms with van der Waals surface area (Å²) in [6, 6.07) is 3.14. The molecule has 1 aliphatic rings. The molecule has 0 radical (unpaired) electrons. The number of hydrogen-bond donors (Lipinski definition) is 1. The SMILES string of the molecule is O[C@H]1CCCC[C@@H]1Oc1cc(Cl)c(Cl)cc1Cl. The highest BCUT2D eigenvalue weighted by Crippen LogP contribution is 2.35. The number of halogens is 3. The second kappa shape index (κ2) is 5.66. The summed E-state index contributed by atoms with van der Waals surface area (Å²) in [5, 5.41) is 11.0. The number of rotatable bonds is 2. The fraction of sp³-hybridized carbons (Fsp3) is 0.500. The fourth-order valence-electron chi connectivity index (χ4n) is 1.97. The van der Waals surface area contributed by atoms with Gasteiger partial charge in [-0.1, -0.05) is 41.2 Å². The zero-order valence-corrected chi connectivity index (χ0v) is 11.4. The van der Waals surface area contributed by atoms with Gasteiger partial charge in [-0.2, -0.15) is 0 Å². The molecular weight excluding hydrogens is 282 g/mol. The highest BCUT2D eigenvalue weighted by molar-refractivity contribution is 6.43. The minimum atomic E-state index is -0.436. The third-order valence-corrected chi connectivity index (χ3v) is 3.94. The summed E-state index contributed by atoms with van der Waals surface area (Å²) in [5.74, 6) is 0.479. The molecule has 1 aromatic carbocycles. The Bertz CT molecular complexity index is 409.